The minimum atomic E-state index is -0.983. The Morgan fingerprint density at radius 1 is 0.917 bits per heavy atom. The number of amides is 2. The first-order chi connectivity index (χ1) is 11.7. The SMILES string of the molecule is O=C1NC(=O)C(c2ccccc2)(c2ccccc2)N2CCNCC12. The molecule has 2 amide bonds. The Morgan fingerprint density at radius 2 is 1.50 bits per heavy atom. The molecule has 1 unspecified atom stereocenters. The van der Waals surface area contributed by atoms with Gasteiger partial charge in [-0.25, -0.2) is 0 Å². The molecular weight excluding hydrogens is 302 g/mol. The van der Waals surface area contributed by atoms with Crippen molar-refractivity contribution in [3.8, 4) is 0 Å². The van der Waals surface area contributed by atoms with Gasteiger partial charge in [-0.05, 0) is 11.1 Å². The zero-order chi connectivity index (χ0) is 16.6. The lowest BCUT2D eigenvalue weighted by Crippen LogP contribution is -2.73. The second-order valence-electron chi connectivity index (χ2n) is 6.17. The van der Waals surface area contributed by atoms with Gasteiger partial charge in [0.25, 0.3) is 5.91 Å². The smallest absolute Gasteiger partial charge is 0.256 e. The minimum absolute atomic E-state index is 0.227. The average Bonchev–Trinajstić information content (AvgIpc) is 2.64. The van der Waals surface area contributed by atoms with E-state index in [0.29, 0.717) is 13.1 Å². The molecule has 0 aromatic heterocycles. The third kappa shape index (κ3) is 2.09. The summed E-state index contributed by atoms with van der Waals surface area (Å²) in [6.45, 7) is 1.92. The van der Waals surface area contributed by atoms with Crippen LogP contribution in [0.3, 0.4) is 0 Å². The predicted molar refractivity (Wildman–Crippen MR) is 90.2 cm³/mol. The molecule has 2 saturated heterocycles. The fourth-order valence-electron chi connectivity index (χ4n) is 3.88. The molecule has 0 spiro atoms. The third-order valence-electron chi connectivity index (χ3n) is 4.93. The van der Waals surface area contributed by atoms with Crippen molar-refractivity contribution in [3.63, 3.8) is 0 Å². The molecule has 1 atom stereocenters. The van der Waals surface area contributed by atoms with Crippen LogP contribution in [0.4, 0.5) is 0 Å². The Kier molecular flexibility index (Phi) is 3.67. The van der Waals surface area contributed by atoms with E-state index < -0.39 is 5.54 Å². The van der Waals surface area contributed by atoms with Crippen LogP contribution in [-0.2, 0) is 15.1 Å². The summed E-state index contributed by atoms with van der Waals surface area (Å²) >= 11 is 0. The van der Waals surface area contributed by atoms with E-state index in [-0.39, 0.29) is 17.9 Å². The molecule has 4 rings (SSSR count). The Hall–Kier alpha value is -2.50. The van der Waals surface area contributed by atoms with Crippen LogP contribution in [-0.4, -0.2) is 42.4 Å². The molecule has 0 radical (unpaired) electrons. The first-order valence-electron chi connectivity index (χ1n) is 8.18. The van der Waals surface area contributed by atoms with E-state index >= 15 is 0 Å². The van der Waals surface area contributed by atoms with Crippen LogP contribution >= 0.6 is 0 Å². The molecule has 2 heterocycles. The number of nitrogens with one attached hydrogen (secondary N) is 2. The number of carbonyl (C=O) groups excluding carboxylic acids is 2. The normalized spacial score (nSPS) is 23.4. The van der Waals surface area contributed by atoms with Crippen molar-refractivity contribution in [2.24, 2.45) is 0 Å². The second-order valence-corrected chi connectivity index (χ2v) is 6.17. The second kappa shape index (κ2) is 5.85. The largest absolute Gasteiger partial charge is 0.313 e. The quantitative estimate of drug-likeness (QED) is 0.806. The Bertz CT molecular complexity index is 721. The number of imide groups is 1. The Balaban J connectivity index is 1.98. The minimum Gasteiger partial charge on any atom is -0.313 e. The topological polar surface area (TPSA) is 61.4 Å². The zero-order valence-electron chi connectivity index (χ0n) is 13.2. The van der Waals surface area contributed by atoms with Crippen LogP contribution in [0, 0.1) is 0 Å². The molecule has 0 saturated carbocycles. The molecule has 24 heavy (non-hydrogen) atoms. The van der Waals surface area contributed by atoms with E-state index in [0.717, 1.165) is 17.7 Å². The van der Waals surface area contributed by atoms with E-state index in [1.54, 1.807) is 0 Å². The third-order valence-corrected chi connectivity index (χ3v) is 4.93. The Labute approximate surface area is 140 Å². The average molecular weight is 321 g/mol. The number of piperazine rings is 2. The fraction of sp³-hybridized carbons (Fsp3) is 0.263. The van der Waals surface area contributed by atoms with Crippen molar-refractivity contribution >= 4 is 11.8 Å². The standard InChI is InChI=1S/C19H19N3O2/c23-17-16-13-20-11-12-22(16)19(18(24)21-17,14-7-3-1-4-8-14)15-9-5-2-6-10-15/h1-10,16,20H,11-13H2,(H,21,23,24). The van der Waals surface area contributed by atoms with Crippen LogP contribution in [0.1, 0.15) is 11.1 Å². The summed E-state index contributed by atoms with van der Waals surface area (Å²) in [5.41, 5.74) is 0.782. The molecule has 2 aliphatic rings. The highest BCUT2D eigenvalue weighted by atomic mass is 16.2. The maximum atomic E-state index is 13.2. The maximum Gasteiger partial charge on any atom is 0.256 e. The lowest BCUT2D eigenvalue weighted by molar-refractivity contribution is -0.151. The number of carbonyl (C=O) groups is 2. The van der Waals surface area contributed by atoms with Crippen LogP contribution in [0.2, 0.25) is 0 Å². The lowest BCUT2D eigenvalue weighted by atomic mass is 9.77. The molecule has 2 fully saturated rings. The molecule has 0 aliphatic carbocycles. The van der Waals surface area contributed by atoms with Crippen molar-refractivity contribution in [2.75, 3.05) is 19.6 Å². The van der Waals surface area contributed by atoms with Crippen LogP contribution in [0.25, 0.3) is 0 Å². The van der Waals surface area contributed by atoms with Crippen molar-refractivity contribution in [1.29, 1.82) is 0 Å². The number of nitrogens with zero attached hydrogens (tertiary/aromatic N) is 1. The first kappa shape index (κ1) is 15.1. The monoisotopic (exact) mass is 321 g/mol. The van der Waals surface area contributed by atoms with E-state index in [2.05, 4.69) is 15.5 Å². The summed E-state index contributed by atoms with van der Waals surface area (Å²) in [6.07, 6.45) is 0. The molecule has 2 aliphatic heterocycles. The van der Waals surface area contributed by atoms with Gasteiger partial charge in [-0.1, -0.05) is 60.7 Å². The van der Waals surface area contributed by atoms with Gasteiger partial charge in [0.2, 0.25) is 5.91 Å². The zero-order valence-corrected chi connectivity index (χ0v) is 13.2. The summed E-state index contributed by atoms with van der Waals surface area (Å²) in [5, 5.41) is 5.86. The van der Waals surface area contributed by atoms with Gasteiger partial charge >= 0.3 is 0 Å². The van der Waals surface area contributed by atoms with Crippen LogP contribution < -0.4 is 10.6 Å². The van der Waals surface area contributed by atoms with Gasteiger partial charge in [0, 0.05) is 19.6 Å². The van der Waals surface area contributed by atoms with Gasteiger partial charge in [-0.15, -0.1) is 0 Å². The van der Waals surface area contributed by atoms with Gasteiger partial charge in [-0.2, -0.15) is 0 Å². The summed E-state index contributed by atoms with van der Waals surface area (Å²) in [6, 6.07) is 19.1. The summed E-state index contributed by atoms with van der Waals surface area (Å²) in [7, 11) is 0. The number of hydrogen-bond donors (Lipinski definition) is 2. The highest BCUT2D eigenvalue weighted by Gasteiger charge is 2.55. The van der Waals surface area contributed by atoms with E-state index in [1.807, 2.05) is 60.7 Å². The number of hydrogen-bond acceptors (Lipinski definition) is 4. The lowest BCUT2D eigenvalue weighted by Gasteiger charge is -2.51. The fourth-order valence-corrected chi connectivity index (χ4v) is 3.88. The van der Waals surface area contributed by atoms with Crippen molar-refractivity contribution in [3.05, 3.63) is 71.8 Å². The molecule has 2 aromatic carbocycles. The molecule has 122 valence electrons. The van der Waals surface area contributed by atoms with E-state index in [4.69, 9.17) is 0 Å². The van der Waals surface area contributed by atoms with E-state index in [9.17, 15) is 9.59 Å². The highest BCUT2D eigenvalue weighted by molar-refractivity contribution is 6.07. The summed E-state index contributed by atoms with van der Waals surface area (Å²) < 4.78 is 0. The van der Waals surface area contributed by atoms with E-state index in [1.165, 1.54) is 0 Å². The van der Waals surface area contributed by atoms with Gasteiger partial charge in [-0.3, -0.25) is 19.8 Å². The Morgan fingerprint density at radius 3 is 2.08 bits per heavy atom. The molecule has 0 bridgehead atoms. The van der Waals surface area contributed by atoms with Gasteiger partial charge in [0.15, 0.2) is 5.54 Å². The number of rotatable bonds is 2. The van der Waals surface area contributed by atoms with Gasteiger partial charge < -0.3 is 5.32 Å². The molecule has 5 heteroatoms. The predicted octanol–water partition coefficient (Wildman–Crippen LogP) is 0.860. The van der Waals surface area contributed by atoms with Gasteiger partial charge in [0.05, 0.1) is 0 Å². The van der Waals surface area contributed by atoms with Crippen LogP contribution in [0.5, 0.6) is 0 Å². The molecule has 2 N–H and O–H groups in total. The van der Waals surface area contributed by atoms with Crippen molar-refractivity contribution in [1.82, 2.24) is 15.5 Å². The van der Waals surface area contributed by atoms with Crippen molar-refractivity contribution in [2.45, 2.75) is 11.6 Å². The number of fused-ring (bicyclic) bond motifs is 1. The molecule has 5 nitrogen and oxygen atoms in total. The highest BCUT2D eigenvalue weighted by Crippen LogP contribution is 2.40. The summed E-state index contributed by atoms with van der Waals surface area (Å²) in [4.78, 5) is 27.6. The van der Waals surface area contributed by atoms with Crippen molar-refractivity contribution < 1.29 is 9.59 Å². The summed E-state index contributed by atoms with van der Waals surface area (Å²) in [5.74, 6) is -0.502. The molecular formula is C19H19N3O2. The van der Waals surface area contributed by atoms with Gasteiger partial charge in [0.1, 0.15) is 6.04 Å². The number of benzene rings is 2. The maximum absolute atomic E-state index is 13.2. The molecule has 2 aromatic rings. The first-order valence-corrected chi connectivity index (χ1v) is 8.18. The van der Waals surface area contributed by atoms with Crippen LogP contribution in [0.15, 0.2) is 60.7 Å².